The fraction of sp³-hybridized carbons (Fsp3) is 0.538. The second-order valence-electron chi connectivity index (χ2n) is 4.21. The lowest BCUT2D eigenvalue weighted by atomic mass is 10.4. The molecule has 1 aromatic rings. The molecule has 0 bridgehead atoms. The zero-order chi connectivity index (χ0) is 15.7. The summed E-state index contributed by atoms with van der Waals surface area (Å²) in [5, 5.41) is 11.7. The predicted molar refractivity (Wildman–Crippen MR) is 79.3 cm³/mol. The van der Waals surface area contributed by atoms with E-state index in [-0.39, 0.29) is 31.0 Å². The summed E-state index contributed by atoms with van der Waals surface area (Å²) in [5.74, 6) is 0. The van der Waals surface area contributed by atoms with Crippen LogP contribution in [0.1, 0.15) is 13.3 Å². The highest BCUT2D eigenvalue weighted by atomic mass is 32.2. The minimum atomic E-state index is -3.72. The molecule has 0 radical (unpaired) electrons. The molecule has 0 unspecified atom stereocenters. The van der Waals surface area contributed by atoms with Crippen LogP contribution in [0.2, 0.25) is 0 Å². The molecule has 8 heteroatoms. The van der Waals surface area contributed by atoms with Crippen molar-refractivity contribution >= 4 is 15.7 Å². The van der Waals surface area contributed by atoms with Gasteiger partial charge >= 0.3 is 0 Å². The maximum absolute atomic E-state index is 12.7. The molecule has 0 saturated carbocycles. The van der Waals surface area contributed by atoms with Crippen LogP contribution in [-0.2, 0) is 14.8 Å². The number of anilines is 1. The van der Waals surface area contributed by atoms with Crippen molar-refractivity contribution in [3.63, 3.8) is 0 Å². The molecule has 1 N–H and O–H groups in total. The van der Waals surface area contributed by atoms with E-state index in [4.69, 9.17) is 10.00 Å². The van der Waals surface area contributed by atoms with Gasteiger partial charge in [-0.1, -0.05) is 0 Å². The molecule has 21 heavy (non-hydrogen) atoms. The summed E-state index contributed by atoms with van der Waals surface area (Å²) in [6, 6.07) is 3.58. The number of rotatable bonds is 9. The van der Waals surface area contributed by atoms with Crippen molar-refractivity contribution in [3.05, 3.63) is 18.5 Å². The van der Waals surface area contributed by atoms with Crippen LogP contribution in [0.4, 0.5) is 5.69 Å². The Morgan fingerprint density at radius 2 is 2.24 bits per heavy atom. The van der Waals surface area contributed by atoms with Crippen LogP contribution >= 0.6 is 0 Å². The summed E-state index contributed by atoms with van der Waals surface area (Å²) in [4.78, 5) is 4.01. The lowest BCUT2D eigenvalue weighted by Crippen LogP contribution is -2.35. The van der Waals surface area contributed by atoms with Gasteiger partial charge in [0.15, 0.2) is 0 Å². The summed E-state index contributed by atoms with van der Waals surface area (Å²) in [6.07, 6.45) is 2.98. The first-order valence-electron chi connectivity index (χ1n) is 6.61. The van der Waals surface area contributed by atoms with E-state index < -0.39 is 10.0 Å². The first-order valence-corrected chi connectivity index (χ1v) is 8.05. The summed E-state index contributed by atoms with van der Waals surface area (Å²) >= 11 is 0. The first kappa shape index (κ1) is 17.4. The quantitative estimate of drug-likeness (QED) is 0.732. The van der Waals surface area contributed by atoms with Crippen molar-refractivity contribution in [1.82, 2.24) is 9.29 Å². The van der Waals surface area contributed by atoms with Crippen molar-refractivity contribution in [3.8, 4) is 6.07 Å². The highest BCUT2D eigenvalue weighted by molar-refractivity contribution is 7.89. The second kappa shape index (κ2) is 8.56. The van der Waals surface area contributed by atoms with Crippen LogP contribution in [0, 0.1) is 11.3 Å². The molecule has 1 heterocycles. The van der Waals surface area contributed by atoms with Crippen LogP contribution in [0.3, 0.4) is 0 Å². The number of hydrogen-bond acceptors (Lipinski definition) is 6. The second-order valence-corrected chi connectivity index (χ2v) is 6.11. The molecule has 0 aromatic carbocycles. The minimum absolute atomic E-state index is 0.112. The Kier molecular flexibility index (Phi) is 7.08. The first-order chi connectivity index (χ1) is 10.1. The standard InChI is InChI=1S/C13H20N4O3S/c1-3-16-12-5-7-15-11-13(12)21(18,19)17(8-4-6-14)9-10-20-2/h5,7,11H,3-4,8-10H2,1-2H3,(H,15,16). The maximum atomic E-state index is 12.7. The van der Waals surface area contributed by atoms with Crippen molar-refractivity contribution in [2.45, 2.75) is 18.2 Å². The van der Waals surface area contributed by atoms with E-state index >= 15 is 0 Å². The molecule has 0 saturated heterocycles. The minimum Gasteiger partial charge on any atom is -0.384 e. The van der Waals surface area contributed by atoms with E-state index in [2.05, 4.69) is 10.3 Å². The summed E-state index contributed by atoms with van der Waals surface area (Å²) in [5.41, 5.74) is 0.506. The smallest absolute Gasteiger partial charge is 0.246 e. The Morgan fingerprint density at radius 3 is 2.86 bits per heavy atom. The van der Waals surface area contributed by atoms with Gasteiger partial charge in [-0.25, -0.2) is 8.42 Å². The third-order valence-corrected chi connectivity index (χ3v) is 4.71. The van der Waals surface area contributed by atoms with E-state index in [1.807, 2.05) is 13.0 Å². The highest BCUT2D eigenvalue weighted by Crippen LogP contribution is 2.23. The van der Waals surface area contributed by atoms with Gasteiger partial charge in [-0.2, -0.15) is 9.57 Å². The number of pyridine rings is 1. The monoisotopic (exact) mass is 312 g/mol. The number of nitrogens with zero attached hydrogens (tertiary/aromatic N) is 3. The summed E-state index contributed by atoms with van der Waals surface area (Å²) in [6.45, 7) is 3.07. The molecule has 0 atom stereocenters. The Hall–Kier alpha value is -1.69. The van der Waals surface area contributed by atoms with Crippen molar-refractivity contribution in [2.75, 3.05) is 38.7 Å². The Balaban J connectivity index is 3.12. The zero-order valence-electron chi connectivity index (χ0n) is 12.2. The van der Waals surface area contributed by atoms with Crippen LogP contribution < -0.4 is 5.32 Å². The lowest BCUT2D eigenvalue weighted by molar-refractivity contribution is 0.179. The topological polar surface area (TPSA) is 95.3 Å². The summed E-state index contributed by atoms with van der Waals surface area (Å²) < 4.78 is 31.6. The molecular weight excluding hydrogens is 292 g/mol. The van der Waals surface area contributed by atoms with Gasteiger partial charge in [0.1, 0.15) is 4.90 Å². The Morgan fingerprint density at radius 1 is 1.48 bits per heavy atom. The molecule has 0 aliphatic carbocycles. The highest BCUT2D eigenvalue weighted by Gasteiger charge is 2.26. The van der Waals surface area contributed by atoms with Crippen molar-refractivity contribution in [1.29, 1.82) is 5.26 Å². The third-order valence-electron chi connectivity index (χ3n) is 2.79. The number of nitrogens with one attached hydrogen (secondary N) is 1. The van der Waals surface area contributed by atoms with Crippen molar-refractivity contribution < 1.29 is 13.2 Å². The number of ether oxygens (including phenoxy) is 1. The number of sulfonamides is 1. The molecule has 1 aromatic heterocycles. The van der Waals surface area contributed by atoms with Gasteiger partial charge in [0, 0.05) is 45.6 Å². The average molecular weight is 312 g/mol. The molecule has 0 amide bonds. The molecular formula is C13H20N4O3S. The molecule has 0 fully saturated rings. The van der Waals surface area contributed by atoms with Crippen molar-refractivity contribution in [2.24, 2.45) is 0 Å². The number of hydrogen-bond donors (Lipinski definition) is 1. The van der Waals surface area contributed by atoms with Gasteiger partial charge in [0.25, 0.3) is 0 Å². The van der Waals surface area contributed by atoms with Gasteiger partial charge in [-0.3, -0.25) is 4.98 Å². The summed E-state index contributed by atoms with van der Waals surface area (Å²) in [7, 11) is -2.22. The largest absolute Gasteiger partial charge is 0.384 e. The molecule has 116 valence electrons. The number of aromatic nitrogens is 1. The maximum Gasteiger partial charge on any atom is 0.246 e. The van der Waals surface area contributed by atoms with E-state index in [0.717, 1.165) is 0 Å². The van der Waals surface area contributed by atoms with Crippen LogP contribution in [0.25, 0.3) is 0 Å². The van der Waals surface area contributed by atoms with E-state index in [1.54, 1.807) is 6.07 Å². The Bertz CT molecular complexity index is 583. The van der Waals surface area contributed by atoms with E-state index in [0.29, 0.717) is 12.2 Å². The molecule has 0 spiro atoms. The zero-order valence-corrected chi connectivity index (χ0v) is 13.1. The fourth-order valence-corrected chi connectivity index (χ4v) is 3.32. The molecule has 1 rings (SSSR count). The number of nitriles is 1. The molecule has 0 aliphatic heterocycles. The van der Waals surface area contributed by atoms with Gasteiger partial charge < -0.3 is 10.1 Å². The lowest BCUT2D eigenvalue weighted by Gasteiger charge is -2.22. The van der Waals surface area contributed by atoms with Gasteiger partial charge in [-0.05, 0) is 13.0 Å². The predicted octanol–water partition coefficient (Wildman–Crippen LogP) is 1.06. The number of methoxy groups -OCH3 is 1. The molecule has 7 nitrogen and oxygen atoms in total. The average Bonchev–Trinajstić information content (AvgIpc) is 2.48. The Labute approximate surface area is 125 Å². The SMILES string of the molecule is CCNc1ccncc1S(=O)(=O)N(CCC#N)CCOC. The van der Waals surface area contributed by atoms with Gasteiger partial charge in [0.2, 0.25) is 10.0 Å². The molecule has 0 aliphatic rings. The fourth-order valence-electron chi connectivity index (χ4n) is 1.78. The van der Waals surface area contributed by atoms with Gasteiger partial charge in [-0.15, -0.1) is 0 Å². The van der Waals surface area contributed by atoms with Crippen LogP contribution in [0.5, 0.6) is 0 Å². The van der Waals surface area contributed by atoms with Crippen LogP contribution in [-0.4, -0.2) is 51.1 Å². The van der Waals surface area contributed by atoms with E-state index in [9.17, 15) is 8.42 Å². The van der Waals surface area contributed by atoms with Gasteiger partial charge in [0.05, 0.1) is 18.4 Å². The third kappa shape index (κ3) is 4.67. The normalized spacial score (nSPS) is 11.3. The van der Waals surface area contributed by atoms with Crippen LogP contribution in [0.15, 0.2) is 23.4 Å². The van der Waals surface area contributed by atoms with E-state index in [1.165, 1.54) is 23.8 Å².